The van der Waals surface area contributed by atoms with E-state index in [2.05, 4.69) is 16.2 Å². The fraction of sp³-hybridized carbons (Fsp3) is 0.364. The van der Waals surface area contributed by atoms with Crippen LogP contribution in [0.4, 0.5) is 0 Å². The summed E-state index contributed by atoms with van der Waals surface area (Å²) in [5.41, 5.74) is 1.95. The summed E-state index contributed by atoms with van der Waals surface area (Å²) in [6, 6.07) is 6.14. The fourth-order valence-corrected chi connectivity index (χ4v) is 1.48. The van der Waals surface area contributed by atoms with E-state index in [4.69, 9.17) is 5.26 Å². The van der Waals surface area contributed by atoms with Crippen LogP contribution in [0, 0.1) is 18.3 Å². The molecule has 76 valence electrons. The smallest absolute Gasteiger partial charge is 0.168 e. The molecular formula is C11H12N4. The fourth-order valence-electron chi connectivity index (χ4n) is 1.48. The van der Waals surface area contributed by atoms with E-state index in [9.17, 15) is 0 Å². The van der Waals surface area contributed by atoms with E-state index in [1.165, 1.54) is 0 Å². The highest BCUT2D eigenvalue weighted by Crippen LogP contribution is 2.15. The van der Waals surface area contributed by atoms with Crippen LogP contribution in [0.3, 0.4) is 0 Å². The van der Waals surface area contributed by atoms with Crippen LogP contribution in [-0.2, 0) is 0 Å². The Morgan fingerprint density at radius 2 is 2.40 bits per heavy atom. The molecule has 0 radical (unpaired) electrons. The van der Waals surface area contributed by atoms with E-state index in [-0.39, 0.29) is 5.92 Å². The molecule has 2 heterocycles. The van der Waals surface area contributed by atoms with Crippen molar-refractivity contribution >= 4 is 5.65 Å². The lowest BCUT2D eigenvalue weighted by atomic mass is 10.1. The van der Waals surface area contributed by atoms with E-state index in [1.807, 2.05) is 32.2 Å². The van der Waals surface area contributed by atoms with Crippen molar-refractivity contribution in [2.75, 3.05) is 0 Å². The molecule has 1 atom stereocenters. The quantitative estimate of drug-likeness (QED) is 0.745. The third-order valence-corrected chi connectivity index (χ3v) is 2.39. The standard InChI is InChI=1S/C11H12N4/c1-3-9(7-12)11-13-10-6-8(2)4-5-15(10)14-11/h4-6,9H,3H2,1-2H3. The molecule has 1 unspecified atom stereocenters. The van der Waals surface area contributed by atoms with Gasteiger partial charge in [-0.05, 0) is 31.0 Å². The molecule has 0 saturated carbocycles. The van der Waals surface area contributed by atoms with Gasteiger partial charge in [0.15, 0.2) is 11.5 Å². The number of aryl methyl sites for hydroxylation is 1. The van der Waals surface area contributed by atoms with E-state index in [1.54, 1.807) is 4.52 Å². The van der Waals surface area contributed by atoms with Crippen LogP contribution in [0.5, 0.6) is 0 Å². The van der Waals surface area contributed by atoms with Crippen molar-refractivity contribution in [3.8, 4) is 6.07 Å². The minimum atomic E-state index is -0.204. The van der Waals surface area contributed by atoms with Gasteiger partial charge < -0.3 is 0 Å². The Morgan fingerprint density at radius 1 is 1.60 bits per heavy atom. The molecule has 0 aliphatic rings. The van der Waals surface area contributed by atoms with Crippen LogP contribution in [0.25, 0.3) is 5.65 Å². The zero-order valence-electron chi connectivity index (χ0n) is 8.81. The lowest BCUT2D eigenvalue weighted by molar-refractivity contribution is 0.744. The SMILES string of the molecule is CCC(C#N)c1nc2cc(C)ccn2n1. The molecule has 0 bridgehead atoms. The van der Waals surface area contributed by atoms with Gasteiger partial charge in [-0.2, -0.15) is 5.26 Å². The number of hydrogen-bond acceptors (Lipinski definition) is 3. The van der Waals surface area contributed by atoms with Gasteiger partial charge in [-0.25, -0.2) is 9.50 Å². The third kappa shape index (κ3) is 1.68. The van der Waals surface area contributed by atoms with Crippen LogP contribution in [-0.4, -0.2) is 14.6 Å². The first kappa shape index (κ1) is 9.66. The van der Waals surface area contributed by atoms with Crippen molar-refractivity contribution in [2.45, 2.75) is 26.2 Å². The summed E-state index contributed by atoms with van der Waals surface area (Å²) in [4.78, 5) is 4.34. The summed E-state index contributed by atoms with van der Waals surface area (Å²) in [5, 5.41) is 13.2. The summed E-state index contributed by atoms with van der Waals surface area (Å²) in [7, 11) is 0. The number of aromatic nitrogens is 3. The third-order valence-electron chi connectivity index (χ3n) is 2.39. The van der Waals surface area contributed by atoms with Gasteiger partial charge in [0.1, 0.15) is 5.92 Å². The summed E-state index contributed by atoms with van der Waals surface area (Å²) in [6.45, 7) is 3.97. The molecule has 0 spiro atoms. The van der Waals surface area contributed by atoms with E-state index in [0.29, 0.717) is 5.82 Å². The predicted molar refractivity (Wildman–Crippen MR) is 56.4 cm³/mol. The molecule has 0 amide bonds. The zero-order chi connectivity index (χ0) is 10.8. The molecule has 0 aliphatic heterocycles. The molecular weight excluding hydrogens is 188 g/mol. The van der Waals surface area contributed by atoms with Gasteiger partial charge >= 0.3 is 0 Å². The van der Waals surface area contributed by atoms with Crippen LogP contribution in [0.15, 0.2) is 18.3 Å². The Kier molecular flexibility index (Phi) is 2.38. The number of rotatable bonds is 2. The number of nitrogens with zero attached hydrogens (tertiary/aromatic N) is 4. The van der Waals surface area contributed by atoms with Gasteiger partial charge in [0.2, 0.25) is 0 Å². The molecule has 0 aliphatic carbocycles. The first-order chi connectivity index (χ1) is 7.24. The van der Waals surface area contributed by atoms with Gasteiger partial charge in [0.25, 0.3) is 0 Å². The van der Waals surface area contributed by atoms with Crippen molar-refractivity contribution in [3.05, 3.63) is 29.7 Å². The summed E-state index contributed by atoms with van der Waals surface area (Å²) < 4.78 is 1.71. The van der Waals surface area contributed by atoms with Crippen molar-refractivity contribution in [2.24, 2.45) is 0 Å². The normalized spacial score (nSPS) is 12.6. The second-order valence-electron chi connectivity index (χ2n) is 3.57. The Hall–Kier alpha value is -1.89. The number of nitriles is 1. The lowest BCUT2D eigenvalue weighted by Crippen LogP contribution is -1.96. The van der Waals surface area contributed by atoms with E-state index >= 15 is 0 Å². The minimum absolute atomic E-state index is 0.204. The van der Waals surface area contributed by atoms with Crippen molar-refractivity contribution in [1.29, 1.82) is 5.26 Å². The second-order valence-corrected chi connectivity index (χ2v) is 3.57. The largest absolute Gasteiger partial charge is 0.221 e. The van der Waals surface area contributed by atoms with Crippen molar-refractivity contribution in [1.82, 2.24) is 14.6 Å². The van der Waals surface area contributed by atoms with E-state index in [0.717, 1.165) is 17.6 Å². The van der Waals surface area contributed by atoms with Gasteiger partial charge in [0, 0.05) is 6.20 Å². The Morgan fingerprint density at radius 3 is 3.07 bits per heavy atom. The van der Waals surface area contributed by atoms with Crippen molar-refractivity contribution < 1.29 is 0 Å². The van der Waals surface area contributed by atoms with Crippen LogP contribution in [0.2, 0.25) is 0 Å². The van der Waals surface area contributed by atoms with Gasteiger partial charge in [0.05, 0.1) is 6.07 Å². The maximum Gasteiger partial charge on any atom is 0.168 e. The zero-order valence-corrected chi connectivity index (χ0v) is 8.81. The van der Waals surface area contributed by atoms with Crippen molar-refractivity contribution in [3.63, 3.8) is 0 Å². The average molecular weight is 200 g/mol. The van der Waals surface area contributed by atoms with Gasteiger partial charge in [-0.1, -0.05) is 6.92 Å². The molecule has 15 heavy (non-hydrogen) atoms. The lowest BCUT2D eigenvalue weighted by Gasteiger charge is -1.96. The number of hydrogen-bond donors (Lipinski definition) is 0. The summed E-state index contributed by atoms with van der Waals surface area (Å²) in [5.74, 6) is 0.413. The molecule has 4 nitrogen and oxygen atoms in total. The monoisotopic (exact) mass is 200 g/mol. The highest BCUT2D eigenvalue weighted by atomic mass is 15.3. The Bertz CT molecular complexity index is 521. The minimum Gasteiger partial charge on any atom is -0.221 e. The molecule has 2 rings (SSSR count). The molecule has 2 aromatic heterocycles. The van der Waals surface area contributed by atoms with Crippen LogP contribution in [0.1, 0.15) is 30.7 Å². The maximum absolute atomic E-state index is 8.92. The number of fused-ring (bicyclic) bond motifs is 1. The Labute approximate surface area is 88.2 Å². The molecule has 0 N–H and O–H groups in total. The summed E-state index contributed by atoms with van der Waals surface area (Å²) >= 11 is 0. The van der Waals surface area contributed by atoms with Crippen LogP contribution < -0.4 is 0 Å². The van der Waals surface area contributed by atoms with E-state index < -0.39 is 0 Å². The first-order valence-electron chi connectivity index (χ1n) is 4.97. The molecule has 4 heteroatoms. The molecule has 0 saturated heterocycles. The maximum atomic E-state index is 8.92. The molecule has 0 fully saturated rings. The first-order valence-corrected chi connectivity index (χ1v) is 4.97. The summed E-state index contributed by atoms with van der Waals surface area (Å²) in [6.07, 6.45) is 2.61. The Balaban J connectivity index is 2.52. The molecule has 0 aromatic carbocycles. The predicted octanol–water partition coefficient (Wildman–Crippen LogP) is 2.05. The second kappa shape index (κ2) is 3.70. The van der Waals surface area contributed by atoms with Gasteiger partial charge in [-0.3, -0.25) is 0 Å². The van der Waals surface area contributed by atoms with Crippen LogP contribution >= 0.6 is 0 Å². The number of pyridine rings is 1. The topological polar surface area (TPSA) is 54.0 Å². The van der Waals surface area contributed by atoms with Gasteiger partial charge in [-0.15, -0.1) is 5.10 Å². The molecule has 2 aromatic rings. The average Bonchev–Trinajstić information content (AvgIpc) is 2.62. The highest BCUT2D eigenvalue weighted by Gasteiger charge is 2.13. The highest BCUT2D eigenvalue weighted by molar-refractivity contribution is 5.40.